The van der Waals surface area contributed by atoms with Crippen molar-refractivity contribution in [1.29, 1.82) is 0 Å². The topological polar surface area (TPSA) is 43.9 Å². The van der Waals surface area contributed by atoms with Crippen LogP contribution in [0, 0.1) is 5.92 Å². The average molecular weight is 392 g/mol. The molecule has 0 aliphatic carbocycles. The third-order valence-corrected chi connectivity index (χ3v) is 5.11. The maximum absolute atomic E-state index is 5.50. The summed E-state index contributed by atoms with van der Waals surface area (Å²) >= 11 is 5.29. The fourth-order valence-electron chi connectivity index (χ4n) is 2.27. The normalized spacial score (nSPS) is 11.3. The lowest BCUT2D eigenvalue weighted by molar-refractivity contribution is 0.489. The first-order valence-corrected chi connectivity index (χ1v) is 9.26. The van der Waals surface area contributed by atoms with Crippen molar-refractivity contribution in [2.75, 3.05) is 0 Å². The van der Waals surface area contributed by atoms with E-state index in [4.69, 9.17) is 4.42 Å². The minimum atomic E-state index is 0.502. The lowest BCUT2D eigenvalue weighted by atomic mass is 10.2. The van der Waals surface area contributed by atoms with E-state index in [2.05, 4.69) is 56.7 Å². The Hall–Kier alpha value is -1.53. The highest BCUT2D eigenvalue weighted by molar-refractivity contribution is 9.10. The molecule has 0 aliphatic rings. The van der Waals surface area contributed by atoms with Gasteiger partial charge in [0.05, 0.1) is 6.26 Å². The summed E-state index contributed by atoms with van der Waals surface area (Å²) in [5.41, 5.74) is 1.25. The van der Waals surface area contributed by atoms with Crippen molar-refractivity contribution in [3.8, 4) is 11.6 Å². The molecule has 2 aromatic heterocycles. The fourth-order valence-corrected chi connectivity index (χ4v) is 3.83. The van der Waals surface area contributed by atoms with E-state index in [0.29, 0.717) is 5.92 Å². The molecule has 6 heteroatoms. The minimum Gasteiger partial charge on any atom is -0.461 e. The van der Waals surface area contributed by atoms with Crippen LogP contribution in [0.3, 0.4) is 0 Å². The highest BCUT2D eigenvalue weighted by Gasteiger charge is 2.17. The molecule has 120 valence electrons. The number of furan rings is 1. The molecule has 0 radical (unpaired) electrons. The summed E-state index contributed by atoms with van der Waals surface area (Å²) in [6.45, 7) is 5.24. The predicted molar refractivity (Wildman–Crippen MR) is 96.3 cm³/mol. The van der Waals surface area contributed by atoms with Crippen molar-refractivity contribution < 1.29 is 4.42 Å². The summed E-state index contributed by atoms with van der Waals surface area (Å²) in [5.74, 6) is 2.89. The summed E-state index contributed by atoms with van der Waals surface area (Å²) in [7, 11) is 0. The molecule has 4 nitrogen and oxygen atoms in total. The molecule has 0 atom stereocenters. The molecule has 0 N–H and O–H groups in total. The first-order valence-electron chi connectivity index (χ1n) is 7.48. The van der Waals surface area contributed by atoms with Gasteiger partial charge in [-0.1, -0.05) is 59.7 Å². The van der Waals surface area contributed by atoms with E-state index in [1.807, 2.05) is 24.3 Å². The zero-order valence-electron chi connectivity index (χ0n) is 13.1. The van der Waals surface area contributed by atoms with Crippen LogP contribution >= 0.6 is 27.7 Å². The van der Waals surface area contributed by atoms with Crippen LogP contribution < -0.4 is 0 Å². The summed E-state index contributed by atoms with van der Waals surface area (Å²) in [6.07, 6.45) is 1.66. The maximum Gasteiger partial charge on any atom is 0.200 e. The standard InChI is InChI=1S/C17H18BrN3OS/c1-12(2)10-21-16(15-8-5-9-22-15)19-20-17(21)23-11-13-6-3-4-7-14(13)18/h3-9,12H,10-11H2,1-2H3. The highest BCUT2D eigenvalue weighted by Crippen LogP contribution is 2.29. The SMILES string of the molecule is CC(C)Cn1c(SCc2ccccc2Br)nnc1-c1ccco1. The van der Waals surface area contributed by atoms with Crippen molar-refractivity contribution >= 4 is 27.7 Å². The van der Waals surface area contributed by atoms with Crippen molar-refractivity contribution in [2.24, 2.45) is 5.92 Å². The van der Waals surface area contributed by atoms with Crippen LogP contribution in [-0.4, -0.2) is 14.8 Å². The van der Waals surface area contributed by atoms with Gasteiger partial charge in [0.2, 0.25) is 0 Å². The van der Waals surface area contributed by atoms with Crippen molar-refractivity contribution in [2.45, 2.75) is 31.3 Å². The molecule has 0 spiro atoms. The number of hydrogen-bond acceptors (Lipinski definition) is 4. The van der Waals surface area contributed by atoms with Gasteiger partial charge in [-0.05, 0) is 29.7 Å². The van der Waals surface area contributed by atoms with Crippen LogP contribution in [0.4, 0.5) is 0 Å². The fraction of sp³-hybridized carbons (Fsp3) is 0.294. The zero-order chi connectivity index (χ0) is 16.2. The first-order chi connectivity index (χ1) is 11.1. The number of thioether (sulfide) groups is 1. The molecule has 2 heterocycles. The third kappa shape index (κ3) is 3.87. The van der Waals surface area contributed by atoms with Crippen molar-refractivity contribution in [1.82, 2.24) is 14.8 Å². The van der Waals surface area contributed by atoms with Gasteiger partial charge in [-0.15, -0.1) is 10.2 Å². The molecule has 0 saturated carbocycles. The van der Waals surface area contributed by atoms with Crippen LogP contribution in [0.15, 0.2) is 56.7 Å². The molecule has 1 aromatic carbocycles. The Kier molecular flexibility index (Phi) is 5.23. The summed E-state index contributed by atoms with van der Waals surface area (Å²) < 4.78 is 8.76. The van der Waals surface area contributed by atoms with Crippen molar-refractivity contribution in [3.63, 3.8) is 0 Å². The number of benzene rings is 1. The van der Waals surface area contributed by atoms with E-state index in [0.717, 1.165) is 33.5 Å². The van der Waals surface area contributed by atoms with Gasteiger partial charge >= 0.3 is 0 Å². The number of hydrogen-bond donors (Lipinski definition) is 0. The van der Waals surface area contributed by atoms with Crippen LogP contribution in [-0.2, 0) is 12.3 Å². The largest absolute Gasteiger partial charge is 0.461 e. The third-order valence-electron chi connectivity index (χ3n) is 3.32. The Morgan fingerprint density at radius 1 is 1.17 bits per heavy atom. The smallest absolute Gasteiger partial charge is 0.200 e. The molecule has 0 bridgehead atoms. The van der Waals surface area contributed by atoms with E-state index in [1.165, 1.54) is 5.56 Å². The molecule has 0 fully saturated rings. The highest BCUT2D eigenvalue weighted by atomic mass is 79.9. The monoisotopic (exact) mass is 391 g/mol. The number of aromatic nitrogens is 3. The molecule has 0 saturated heterocycles. The van der Waals surface area contributed by atoms with E-state index >= 15 is 0 Å². The molecule has 0 unspecified atom stereocenters. The number of rotatable bonds is 6. The van der Waals surface area contributed by atoms with E-state index in [9.17, 15) is 0 Å². The Bertz CT molecular complexity index is 768. The van der Waals surface area contributed by atoms with E-state index in [1.54, 1.807) is 18.0 Å². The second kappa shape index (κ2) is 7.36. The van der Waals surface area contributed by atoms with Crippen LogP contribution in [0.5, 0.6) is 0 Å². The quantitative estimate of drug-likeness (QED) is 0.538. The first kappa shape index (κ1) is 16.3. The van der Waals surface area contributed by atoms with E-state index in [-0.39, 0.29) is 0 Å². The Morgan fingerprint density at radius 3 is 2.70 bits per heavy atom. The molecule has 3 aromatic rings. The predicted octanol–water partition coefficient (Wildman–Crippen LogP) is 5.25. The number of halogens is 1. The average Bonchev–Trinajstić information content (AvgIpc) is 3.16. The van der Waals surface area contributed by atoms with Gasteiger partial charge in [-0.25, -0.2) is 0 Å². The summed E-state index contributed by atoms with van der Waals surface area (Å²) in [5, 5.41) is 9.62. The van der Waals surface area contributed by atoms with Gasteiger partial charge in [-0.2, -0.15) is 0 Å². The Morgan fingerprint density at radius 2 is 2.00 bits per heavy atom. The second-order valence-corrected chi connectivity index (χ2v) is 7.46. The van der Waals surface area contributed by atoms with Gasteiger partial charge < -0.3 is 4.42 Å². The van der Waals surface area contributed by atoms with Gasteiger partial charge in [0.25, 0.3) is 0 Å². The molecular formula is C17H18BrN3OS. The lowest BCUT2D eigenvalue weighted by Gasteiger charge is -2.11. The molecule has 3 rings (SSSR count). The van der Waals surface area contributed by atoms with Gasteiger partial charge in [0.15, 0.2) is 16.7 Å². The molecule has 23 heavy (non-hydrogen) atoms. The minimum absolute atomic E-state index is 0.502. The van der Waals surface area contributed by atoms with Gasteiger partial charge in [-0.3, -0.25) is 4.57 Å². The maximum atomic E-state index is 5.50. The van der Waals surface area contributed by atoms with E-state index < -0.39 is 0 Å². The lowest BCUT2D eigenvalue weighted by Crippen LogP contribution is -2.07. The Balaban J connectivity index is 1.85. The second-order valence-electron chi connectivity index (χ2n) is 5.67. The van der Waals surface area contributed by atoms with Crippen LogP contribution in [0.25, 0.3) is 11.6 Å². The van der Waals surface area contributed by atoms with Gasteiger partial charge in [0, 0.05) is 16.8 Å². The molecule has 0 aliphatic heterocycles. The molecular weight excluding hydrogens is 374 g/mol. The zero-order valence-corrected chi connectivity index (χ0v) is 15.5. The summed E-state index contributed by atoms with van der Waals surface area (Å²) in [6, 6.07) is 12.0. The van der Waals surface area contributed by atoms with Gasteiger partial charge in [0.1, 0.15) is 0 Å². The van der Waals surface area contributed by atoms with Crippen LogP contribution in [0.1, 0.15) is 19.4 Å². The molecule has 0 amide bonds. The summed E-state index contributed by atoms with van der Waals surface area (Å²) in [4.78, 5) is 0. The van der Waals surface area contributed by atoms with Crippen molar-refractivity contribution in [3.05, 3.63) is 52.7 Å². The number of nitrogens with zero attached hydrogens (tertiary/aromatic N) is 3. The Labute approximate surface area is 148 Å². The van der Waals surface area contributed by atoms with Crippen LogP contribution in [0.2, 0.25) is 0 Å².